The molecule has 1 aromatic heterocycles. The number of nitrogens with zero attached hydrogens (tertiary/aromatic N) is 2. The Balaban J connectivity index is 1.20. The van der Waals surface area contributed by atoms with Crippen LogP contribution in [0.1, 0.15) is 0 Å². The normalized spacial score (nSPS) is 10.9. The molecule has 8 aromatic rings. The van der Waals surface area contributed by atoms with Gasteiger partial charge in [0.15, 0.2) is 5.82 Å². The van der Waals surface area contributed by atoms with E-state index in [4.69, 9.17) is 9.97 Å². The van der Waals surface area contributed by atoms with E-state index in [1.54, 1.807) is 0 Å². The van der Waals surface area contributed by atoms with E-state index in [2.05, 4.69) is 176 Å². The second kappa shape index (κ2) is 13.2. The third kappa shape index (κ3) is 6.20. The van der Waals surface area contributed by atoms with Crippen LogP contribution in [0, 0.1) is 0 Å². The molecule has 0 radical (unpaired) electrons. The molecule has 0 saturated carbocycles. The fourth-order valence-corrected chi connectivity index (χ4v) is 6.19. The van der Waals surface area contributed by atoms with Crippen LogP contribution in [0.2, 0.25) is 0 Å². The monoisotopic (exact) mass is 612 g/mol. The van der Waals surface area contributed by atoms with Crippen molar-refractivity contribution in [1.82, 2.24) is 9.97 Å². The molecular weight excluding hydrogens is 581 g/mol. The van der Waals surface area contributed by atoms with Gasteiger partial charge in [0.1, 0.15) is 0 Å². The van der Waals surface area contributed by atoms with Crippen molar-refractivity contribution in [2.45, 2.75) is 0 Å². The summed E-state index contributed by atoms with van der Waals surface area (Å²) >= 11 is 0. The highest BCUT2D eigenvalue weighted by Crippen LogP contribution is 2.34. The molecule has 0 fully saturated rings. The topological polar surface area (TPSA) is 25.8 Å². The lowest BCUT2D eigenvalue weighted by Crippen LogP contribution is -1.96. The zero-order valence-corrected chi connectivity index (χ0v) is 26.4. The minimum atomic E-state index is 0.705. The number of benzene rings is 7. The SMILES string of the molecule is c1ccc(-c2cccc(-c3cccc(-c4cc(-c5cccc(-c6cccc(-c7ccccc7)c6)c5)nc(-c5ccccc5)n4)c3)c2)cc1. The third-order valence-corrected chi connectivity index (χ3v) is 8.68. The maximum Gasteiger partial charge on any atom is 0.160 e. The van der Waals surface area contributed by atoms with Crippen LogP contribution < -0.4 is 0 Å². The third-order valence-electron chi connectivity index (χ3n) is 8.68. The van der Waals surface area contributed by atoms with Crippen molar-refractivity contribution in [3.8, 4) is 78.4 Å². The van der Waals surface area contributed by atoms with Crippen molar-refractivity contribution < 1.29 is 0 Å². The average molecular weight is 613 g/mol. The van der Waals surface area contributed by atoms with E-state index in [1.165, 1.54) is 33.4 Å². The molecule has 0 saturated heterocycles. The second-order valence-corrected chi connectivity index (χ2v) is 11.9. The van der Waals surface area contributed by atoms with Crippen LogP contribution in [-0.2, 0) is 0 Å². The lowest BCUT2D eigenvalue weighted by molar-refractivity contribution is 1.18. The van der Waals surface area contributed by atoms with Gasteiger partial charge in [-0.15, -0.1) is 0 Å². The molecule has 0 aliphatic rings. The summed E-state index contributed by atoms with van der Waals surface area (Å²) in [6.07, 6.45) is 0. The minimum Gasteiger partial charge on any atom is -0.228 e. The van der Waals surface area contributed by atoms with Crippen LogP contribution in [0.4, 0.5) is 0 Å². The molecule has 0 spiro atoms. The van der Waals surface area contributed by atoms with Crippen molar-refractivity contribution in [1.29, 1.82) is 0 Å². The molecule has 2 heteroatoms. The van der Waals surface area contributed by atoms with Crippen molar-refractivity contribution >= 4 is 0 Å². The van der Waals surface area contributed by atoms with Crippen molar-refractivity contribution in [3.05, 3.63) is 194 Å². The quantitative estimate of drug-likeness (QED) is 0.179. The zero-order chi connectivity index (χ0) is 32.1. The van der Waals surface area contributed by atoms with E-state index in [-0.39, 0.29) is 0 Å². The highest BCUT2D eigenvalue weighted by molar-refractivity contribution is 5.80. The van der Waals surface area contributed by atoms with Gasteiger partial charge >= 0.3 is 0 Å². The molecule has 0 aliphatic carbocycles. The molecule has 226 valence electrons. The fraction of sp³-hybridized carbons (Fsp3) is 0. The Morgan fingerprint density at radius 1 is 0.208 bits per heavy atom. The van der Waals surface area contributed by atoms with Crippen molar-refractivity contribution in [2.24, 2.45) is 0 Å². The molecule has 48 heavy (non-hydrogen) atoms. The standard InChI is InChI=1S/C46H32N2/c1-4-14-33(15-5-1)36-20-10-22-38(28-36)40-24-12-26-42(30-40)44-32-45(48-46(47-44)35-18-8-3-9-19-35)43-27-13-25-41(31-43)39-23-11-21-37(29-39)34-16-6-2-7-17-34/h1-32H. The van der Waals surface area contributed by atoms with Gasteiger partial charge < -0.3 is 0 Å². The molecule has 8 rings (SSSR count). The first-order valence-corrected chi connectivity index (χ1v) is 16.2. The first kappa shape index (κ1) is 29.1. The summed E-state index contributed by atoms with van der Waals surface area (Å²) in [6.45, 7) is 0. The highest BCUT2D eigenvalue weighted by atomic mass is 14.9. The molecule has 0 N–H and O–H groups in total. The Hall–Kier alpha value is -6.38. The number of rotatable bonds is 7. The predicted octanol–water partition coefficient (Wildman–Crippen LogP) is 12.1. The number of hydrogen-bond acceptors (Lipinski definition) is 2. The molecule has 7 aromatic carbocycles. The maximum atomic E-state index is 5.11. The van der Waals surface area contributed by atoms with Gasteiger partial charge in [0.05, 0.1) is 11.4 Å². The van der Waals surface area contributed by atoms with Gasteiger partial charge in [0, 0.05) is 16.7 Å². The zero-order valence-electron chi connectivity index (χ0n) is 26.4. The van der Waals surface area contributed by atoms with Crippen LogP contribution in [-0.4, -0.2) is 9.97 Å². The van der Waals surface area contributed by atoms with E-state index < -0.39 is 0 Å². The molecule has 0 bridgehead atoms. The van der Waals surface area contributed by atoms with Crippen LogP contribution in [0.25, 0.3) is 78.4 Å². The van der Waals surface area contributed by atoms with Crippen molar-refractivity contribution in [2.75, 3.05) is 0 Å². The highest BCUT2D eigenvalue weighted by Gasteiger charge is 2.13. The first-order valence-electron chi connectivity index (χ1n) is 16.2. The first-order chi connectivity index (χ1) is 23.8. The largest absolute Gasteiger partial charge is 0.228 e. The molecule has 2 nitrogen and oxygen atoms in total. The summed E-state index contributed by atoms with van der Waals surface area (Å²) in [6, 6.07) is 68.1. The van der Waals surface area contributed by atoms with Gasteiger partial charge in [-0.1, -0.05) is 164 Å². The molecule has 0 unspecified atom stereocenters. The molecular formula is C46H32N2. The number of hydrogen-bond donors (Lipinski definition) is 0. The minimum absolute atomic E-state index is 0.705. The molecule has 0 aliphatic heterocycles. The van der Waals surface area contributed by atoms with Gasteiger partial charge in [-0.2, -0.15) is 0 Å². The Labute approximate surface area is 281 Å². The summed E-state index contributed by atoms with van der Waals surface area (Å²) in [5.41, 5.74) is 14.3. The summed E-state index contributed by atoms with van der Waals surface area (Å²) < 4.78 is 0. The molecule has 1 heterocycles. The van der Waals surface area contributed by atoms with E-state index in [0.29, 0.717) is 5.82 Å². The number of aromatic nitrogens is 2. The van der Waals surface area contributed by atoms with Crippen LogP contribution in [0.15, 0.2) is 194 Å². The Morgan fingerprint density at radius 2 is 0.479 bits per heavy atom. The summed E-state index contributed by atoms with van der Waals surface area (Å²) in [7, 11) is 0. The summed E-state index contributed by atoms with van der Waals surface area (Å²) in [4.78, 5) is 10.2. The van der Waals surface area contributed by atoms with E-state index in [0.717, 1.165) is 39.2 Å². The lowest BCUT2D eigenvalue weighted by Gasteiger charge is -2.12. The summed E-state index contributed by atoms with van der Waals surface area (Å²) in [5, 5.41) is 0. The predicted molar refractivity (Wildman–Crippen MR) is 200 cm³/mol. The van der Waals surface area contributed by atoms with Gasteiger partial charge in [-0.3, -0.25) is 0 Å². The van der Waals surface area contributed by atoms with Gasteiger partial charge in [0.2, 0.25) is 0 Å². The maximum absolute atomic E-state index is 5.11. The Morgan fingerprint density at radius 3 is 0.854 bits per heavy atom. The van der Waals surface area contributed by atoms with E-state index >= 15 is 0 Å². The van der Waals surface area contributed by atoms with Crippen LogP contribution in [0.5, 0.6) is 0 Å². The van der Waals surface area contributed by atoms with E-state index in [1.807, 2.05) is 18.2 Å². The van der Waals surface area contributed by atoms with Gasteiger partial charge in [-0.25, -0.2) is 9.97 Å². The van der Waals surface area contributed by atoms with Crippen LogP contribution >= 0.6 is 0 Å². The lowest BCUT2D eigenvalue weighted by atomic mass is 9.96. The smallest absolute Gasteiger partial charge is 0.160 e. The van der Waals surface area contributed by atoms with Gasteiger partial charge in [-0.05, 0) is 74.8 Å². The Kier molecular flexibility index (Phi) is 7.96. The Bertz CT molecular complexity index is 2180. The summed E-state index contributed by atoms with van der Waals surface area (Å²) in [5.74, 6) is 0.705. The van der Waals surface area contributed by atoms with Crippen molar-refractivity contribution in [3.63, 3.8) is 0 Å². The second-order valence-electron chi connectivity index (χ2n) is 11.9. The molecule has 0 amide bonds. The molecule has 0 atom stereocenters. The fourth-order valence-electron chi connectivity index (χ4n) is 6.19. The van der Waals surface area contributed by atoms with Gasteiger partial charge in [0.25, 0.3) is 0 Å². The van der Waals surface area contributed by atoms with Crippen LogP contribution in [0.3, 0.4) is 0 Å². The average Bonchev–Trinajstić information content (AvgIpc) is 3.19. The van der Waals surface area contributed by atoms with E-state index in [9.17, 15) is 0 Å².